The second-order valence-electron chi connectivity index (χ2n) is 4.79. The predicted octanol–water partition coefficient (Wildman–Crippen LogP) is 0.627. The minimum atomic E-state index is -0.858. The van der Waals surface area contributed by atoms with Crippen molar-refractivity contribution in [1.82, 2.24) is 5.32 Å². The minimum Gasteiger partial charge on any atom is -0.481 e. The summed E-state index contributed by atoms with van der Waals surface area (Å²) in [4.78, 5) is 22.4. The van der Waals surface area contributed by atoms with Gasteiger partial charge in [-0.15, -0.1) is 0 Å². The third-order valence-corrected chi connectivity index (χ3v) is 2.96. The number of carbonyl (C=O) groups excluding carboxylic acids is 1. The maximum absolute atomic E-state index is 11.6. The molecule has 0 aliphatic heterocycles. The Morgan fingerprint density at radius 2 is 2.00 bits per heavy atom. The highest BCUT2D eigenvalue weighted by Gasteiger charge is 2.37. The van der Waals surface area contributed by atoms with Gasteiger partial charge in [-0.1, -0.05) is 12.8 Å². The van der Waals surface area contributed by atoms with Gasteiger partial charge in [0.2, 0.25) is 5.91 Å². The average Bonchev–Trinajstić information content (AvgIpc) is 2.49. The Morgan fingerprint density at radius 1 is 1.44 bits per heavy atom. The molecule has 0 aromatic rings. The summed E-state index contributed by atoms with van der Waals surface area (Å²) in [6.45, 7) is 1.76. The van der Waals surface area contributed by atoms with Gasteiger partial charge >= 0.3 is 5.97 Å². The van der Waals surface area contributed by atoms with Crippen LogP contribution in [0.25, 0.3) is 0 Å². The van der Waals surface area contributed by atoms with E-state index >= 15 is 0 Å². The normalized spacial score (nSPS) is 20.4. The van der Waals surface area contributed by atoms with Crippen LogP contribution < -0.4 is 11.1 Å². The summed E-state index contributed by atoms with van der Waals surface area (Å²) in [5, 5.41) is 11.7. The van der Waals surface area contributed by atoms with E-state index in [2.05, 4.69) is 5.32 Å². The maximum atomic E-state index is 11.6. The van der Waals surface area contributed by atoms with E-state index in [1.165, 1.54) is 0 Å². The first kappa shape index (κ1) is 13.0. The van der Waals surface area contributed by atoms with Crippen LogP contribution >= 0.6 is 0 Å². The van der Waals surface area contributed by atoms with Crippen molar-refractivity contribution in [1.29, 1.82) is 0 Å². The van der Waals surface area contributed by atoms with Crippen LogP contribution in [0.3, 0.4) is 0 Å². The van der Waals surface area contributed by atoms with E-state index in [1.807, 2.05) is 0 Å². The van der Waals surface area contributed by atoms with Crippen molar-refractivity contribution < 1.29 is 14.7 Å². The van der Waals surface area contributed by atoms with E-state index in [9.17, 15) is 9.59 Å². The number of nitrogens with two attached hydrogens (primary N) is 1. The van der Waals surface area contributed by atoms with Crippen molar-refractivity contribution in [3.63, 3.8) is 0 Å². The molecule has 1 rings (SSSR count). The first-order chi connectivity index (χ1) is 7.43. The van der Waals surface area contributed by atoms with E-state index < -0.39 is 11.5 Å². The maximum Gasteiger partial charge on any atom is 0.305 e. The lowest BCUT2D eigenvalue weighted by atomic mass is 9.93. The SMILES string of the molecule is CC(N)CC(=O)NC1(CC(=O)O)CCCC1. The molecule has 1 fully saturated rings. The quantitative estimate of drug-likeness (QED) is 0.643. The lowest BCUT2D eigenvalue weighted by molar-refractivity contribution is -0.139. The zero-order valence-electron chi connectivity index (χ0n) is 9.66. The molecule has 0 spiro atoms. The molecule has 0 heterocycles. The van der Waals surface area contributed by atoms with Gasteiger partial charge in [0.1, 0.15) is 0 Å². The summed E-state index contributed by atoms with van der Waals surface area (Å²) >= 11 is 0. The molecule has 5 heteroatoms. The number of carboxylic acid groups (broad SMARTS) is 1. The molecule has 0 aromatic carbocycles. The highest BCUT2D eigenvalue weighted by molar-refractivity contribution is 5.78. The third-order valence-electron chi connectivity index (χ3n) is 2.96. The van der Waals surface area contributed by atoms with E-state index in [0.29, 0.717) is 0 Å². The second kappa shape index (κ2) is 5.30. The van der Waals surface area contributed by atoms with Gasteiger partial charge in [0.15, 0.2) is 0 Å². The Morgan fingerprint density at radius 3 is 2.44 bits per heavy atom. The van der Waals surface area contributed by atoms with Crippen molar-refractivity contribution in [3.05, 3.63) is 0 Å². The molecule has 0 saturated heterocycles. The standard InChI is InChI=1S/C11H20N2O3/c1-8(12)6-9(14)13-11(7-10(15)16)4-2-3-5-11/h8H,2-7,12H2,1H3,(H,13,14)(H,15,16). The summed E-state index contributed by atoms with van der Waals surface area (Å²) in [5.74, 6) is -0.999. The van der Waals surface area contributed by atoms with Gasteiger partial charge in [-0.2, -0.15) is 0 Å². The number of aliphatic carboxylic acids is 1. The van der Waals surface area contributed by atoms with Crippen LogP contribution in [0.5, 0.6) is 0 Å². The molecule has 1 saturated carbocycles. The molecule has 1 aliphatic carbocycles. The zero-order chi connectivity index (χ0) is 12.2. The monoisotopic (exact) mass is 228 g/mol. The smallest absolute Gasteiger partial charge is 0.305 e. The molecule has 92 valence electrons. The average molecular weight is 228 g/mol. The van der Waals surface area contributed by atoms with Gasteiger partial charge in [-0.25, -0.2) is 0 Å². The Bertz CT molecular complexity index is 270. The summed E-state index contributed by atoms with van der Waals surface area (Å²) in [5.41, 5.74) is 5.00. The summed E-state index contributed by atoms with van der Waals surface area (Å²) in [6.07, 6.45) is 3.73. The second-order valence-corrected chi connectivity index (χ2v) is 4.79. The number of nitrogens with one attached hydrogen (secondary N) is 1. The highest BCUT2D eigenvalue weighted by atomic mass is 16.4. The summed E-state index contributed by atoms with van der Waals surface area (Å²) < 4.78 is 0. The van der Waals surface area contributed by atoms with Crippen molar-refractivity contribution in [2.24, 2.45) is 5.73 Å². The van der Waals surface area contributed by atoms with Crippen LogP contribution in [0.4, 0.5) is 0 Å². The van der Waals surface area contributed by atoms with Gasteiger partial charge in [0.05, 0.1) is 12.0 Å². The number of hydrogen-bond donors (Lipinski definition) is 3. The molecule has 4 N–H and O–H groups in total. The van der Waals surface area contributed by atoms with Crippen molar-refractivity contribution in [2.45, 2.75) is 57.0 Å². The molecule has 5 nitrogen and oxygen atoms in total. The van der Waals surface area contributed by atoms with Gasteiger partial charge < -0.3 is 16.2 Å². The van der Waals surface area contributed by atoms with Crippen LogP contribution in [0.1, 0.15) is 45.4 Å². The Hall–Kier alpha value is -1.10. The number of amides is 1. The molecule has 1 amide bonds. The molecule has 1 unspecified atom stereocenters. The number of rotatable bonds is 5. The Kier molecular flexibility index (Phi) is 4.29. The van der Waals surface area contributed by atoms with Gasteiger partial charge in [-0.05, 0) is 19.8 Å². The lowest BCUT2D eigenvalue weighted by Crippen LogP contribution is -2.48. The van der Waals surface area contributed by atoms with Gasteiger partial charge in [0, 0.05) is 12.5 Å². The van der Waals surface area contributed by atoms with Crippen LogP contribution in [-0.2, 0) is 9.59 Å². The topological polar surface area (TPSA) is 92.4 Å². The predicted molar refractivity (Wildman–Crippen MR) is 59.9 cm³/mol. The van der Waals surface area contributed by atoms with Crippen LogP contribution in [0.2, 0.25) is 0 Å². The van der Waals surface area contributed by atoms with E-state index in [4.69, 9.17) is 10.8 Å². The van der Waals surface area contributed by atoms with Gasteiger partial charge in [0.25, 0.3) is 0 Å². The van der Waals surface area contributed by atoms with Crippen LogP contribution in [0.15, 0.2) is 0 Å². The van der Waals surface area contributed by atoms with E-state index in [0.717, 1.165) is 25.7 Å². The lowest BCUT2D eigenvalue weighted by Gasteiger charge is -2.29. The molecule has 0 bridgehead atoms. The first-order valence-corrected chi connectivity index (χ1v) is 5.72. The molecule has 1 atom stereocenters. The van der Waals surface area contributed by atoms with Crippen LogP contribution in [0, 0.1) is 0 Å². The first-order valence-electron chi connectivity index (χ1n) is 5.72. The molecule has 1 aliphatic rings. The fraction of sp³-hybridized carbons (Fsp3) is 0.818. The molecule has 0 aromatic heterocycles. The van der Waals surface area contributed by atoms with Gasteiger partial charge in [-0.3, -0.25) is 9.59 Å². The molecular weight excluding hydrogens is 208 g/mol. The number of carbonyl (C=O) groups is 2. The molecular formula is C11H20N2O3. The van der Waals surface area contributed by atoms with Crippen LogP contribution in [-0.4, -0.2) is 28.6 Å². The van der Waals surface area contributed by atoms with Crippen molar-refractivity contribution in [3.8, 4) is 0 Å². The largest absolute Gasteiger partial charge is 0.481 e. The molecule has 0 radical (unpaired) electrons. The zero-order valence-corrected chi connectivity index (χ0v) is 9.66. The fourth-order valence-electron chi connectivity index (χ4n) is 2.33. The van der Waals surface area contributed by atoms with Crippen molar-refractivity contribution >= 4 is 11.9 Å². The fourth-order valence-corrected chi connectivity index (χ4v) is 2.33. The molecule has 16 heavy (non-hydrogen) atoms. The Balaban J connectivity index is 2.57. The minimum absolute atomic E-state index is 0.0116. The summed E-state index contributed by atoms with van der Waals surface area (Å²) in [6, 6.07) is -0.191. The Labute approximate surface area is 95.4 Å². The van der Waals surface area contributed by atoms with Crippen molar-refractivity contribution in [2.75, 3.05) is 0 Å². The van der Waals surface area contributed by atoms with E-state index in [-0.39, 0.29) is 24.8 Å². The summed E-state index contributed by atoms with van der Waals surface area (Å²) in [7, 11) is 0. The third kappa shape index (κ3) is 3.81. The number of carboxylic acids is 1. The van der Waals surface area contributed by atoms with E-state index in [1.54, 1.807) is 6.92 Å². The highest BCUT2D eigenvalue weighted by Crippen LogP contribution is 2.32. The number of hydrogen-bond acceptors (Lipinski definition) is 3.